The topological polar surface area (TPSA) is 21.8 Å². The Morgan fingerprint density at radius 3 is 2.11 bits per heavy atom. The van der Waals surface area contributed by atoms with Gasteiger partial charge in [0.2, 0.25) is 5.79 Å². The maximum absolute atomic E-state index is 6.03. The van der Waals surface area contributed by atoms with Gasteiger partial charge in [-0.1, -0.05) is 63.9 Å². The highest BCUT2D eigenvalue weighted by atomic mass is 16.8. The van der Waals surface area contributed by atoms with Crippen LogP contribution in [0.5, 0.6) is 0 Å². The molecule has 0 aromatic heterocycles. The minimum atomic E-state index is -0.508. The number of benzene rings is 1. The minimum Gasteiger partial charge on any atom is -0.347 e. The molecule has 0 aliphatic carbocycles. The van der Waals surface area contributed by atoms with E-state index in [4.69, 9.17) is 9.47 Å². The van der Waals surface area contributed by atoms with Gasteiger partial charge in [0.05, 0.1) is 0 Å². The van der Waals surface area contributed by atoms with E-state index in [2.05, 4.69) is 45.0 Å². The quantitative estimate of drug-likeness (QED) is 0.713. The van der Waals surface area contributed by atoms with Crippen LogP contribution in [0.1, 0.15) is 58.1 Å². The van der Waals surface area contributed by atoms with Crippen molar-refractivity contribution in [1.29, 1.82) is 0 Å². The van der Waals surface area contributed by atoms with Crippen molar-refractivity contribution in [2.75, 3.05) is 7.11 Å². The molecule has 1 fully saturated rings. The van der Waals surface area contributed by atoms with Crippen molar-refractivity contribution >= 4 is 0 Å². The molecule has 0 N–H and O–H groups in total. The molecule has 0 radical (unpaired) electrons. The summed E-state index contributed by atoms with van der Waals surface area (Å²) in [6, 6.07) is 8.46. The van der Waals surface area contributed by atoms with E-state index >= 15 is 0 Å². The maximum Gasteiger partial charge on any atom is 0.225 e. The van der Waals surface area contributed by atoms with Crippen LogP contribution in [-0.2, 0) is 15.3 Å². The van der Waals surface area contributed by atoms with Gasteiger partial charge in [-0.2, -0.15) is 0 Å². The van der Waals surface area contributed by atoms with Crippen LogP contribution in [0.4, 0.5) is 0 Å². The van der Waals surface area contributed by atoms with Gasteiger partial charge >= 0.3 is 0 Å². The number of ether oxygens (including phenoxy) is 2. The molecule has 1 aliphatic heterocycles. The van der Waals surface area contributed by atoms with E-state index in [-0.39, 0.29) is 5.60 Å². The van der Waals surface area contributed by atoms with Crippen molar-refractivity contribution in [3.8, 4) is 0 Å². The Morgan fingerprint density at radius 1 is 1.11 bits per heavy atom. The second-order valence-corrected chi connectivity index (χ2v) is 4.89. The summed E-state index contributed by atoms with van der Waals surface area (Å²) >= 11 is 0. The van der Waals surface area contributed by atoms with Crippen LogP contribution in [0.15, 0.2) is 24.3 Å². The van der Waals surface area contributed by atoms with Crippen LogP contribution in [0.3, 0.4) is 0 Å². The monoisotopic (exact) mass is 264 g/mol. The second kappa shape index (κ2) is 6.53. The molecule has 0 bridgehead atoms. The SMILES string of the molecule is CC.CCCC1(CC)OC1(OC)c1ccc(C)cc1. The highest BCUT2D eigenvalue weighted by Crippen LogP contribution is 2.60. The van der Waals surface area contributed by atoms with Crippen LogP contribution in [0.2, 0.25) is 0 Å². The predicted molar refractivity (Wildman–Crippen MR) is 80.2 cm³/mol. The Kier molecular flexibility index (Phi) is 5.57. The highest BCUT2D eigenvalue weighted by Gasteiger charge is 2.70. The number of epoxide rings is 1. The number of hydrogen-bond acceptors (Lipinski definition) is 2. The largest absolute Gasteiger partial charge is 0.347 e. The molecule has 1 aliphatic rings. The molecule has 1 aromatic carbocycles. The molecule has 0 spiro atoms. The number of rotatable bonds is 5. The van der Waals surface area contributed by atoms with E-state index in [0.29, 0.717) is 0 Å². The standard InChI is InChI=1S/C15H22O2.C2H6/c1-5-11-14(6-2)15(16-4,17-14)13-9-7-12(3)8-10-13;1-2/h7-10H,5-6,11H2,1-4H3;1-2H3. The molecule has 108 valence electrons. The fourth-order valence-corrected chi connectivity index (χ4v) is 2.79. The summed E-state index contributed by atoms with van der Waals surface area (Å²) in [6.45, 7) is 10.5. The van der Waals surface area contributed by atoms with Crippen molar-refractivity contribution in [3.05, 3.63) is 35.4 Å². The van der Waals surface area contributed by atoms with Crippen LogP contribution in [0.25, 0.3) is 0 Å². The fraction of sp³-hybridized carbons (Fsp3) is 0.647. The average molecular weight is 264 g/mol. The lowest BCUT2D eigenvalue weighted by atomic mass is 9.89. The first-order valence-corrected chi connectivity index (χ1v) is 7.46. The molecule has 1 heterocycles. The predicted octanol–water partition coefficient (Wildman–Crippen LogP) is 4.80. The van der Waals surface area contributed by atoms with Gasteiger partial charge in [0.15, 0.2) is 0 Å². The van der Waals surface area contributed by atoms with Gasteiger partial charge in [-0.25, -0.2) is 0 Å². The Labute approximate surface area is 118 Å². The Hall–Kier alpha value is -0.860. The zero-order chi connectivity index (χ0) is 14.5. The minimum absolute atomic E-state index is 0.119. The number of hydrogen-bond donors (Lipinski definition) is 0. The zero-order valence-electron chi connectivity index (χ0n) is 13.2. The number of methoxy groups -OCH3 is 1. The molecule has 2 atom stereocenters. The van der Waals surface area contributed by atoms with Crippen molar-refractivity contribution in [1.82, 2.24) is 0 Å². The van der Waals surface area contributed by atoms with Crippen LogP contribution in [0, 0.1) is 6.92 Å². The lowest BCUT2D eigenvalue weighted by molar-refractivity contribution is -0.0151. The smallest absolute Gasteiger partial charge is 0.225 e. The third kappa shape index (κ3) is 2.70. The summed E-state index contributed by atoms with van der Waals surface area (Å²) in [6.07, 6.45) is 3.15. The summed E-state index contributed by atoms with van der Waals surface area (Å²) in [5.41, 5.74) is 2.28. The summed E-state index contributed by atoms with van der Waals surface area (Å²) in [5.74, 6) is -0.508. The summed E-state index contributed by atoms with van der Waals surface area (Å²) in [4.78, 5) is 0. The lowest BCUT2D eigenvalue weighted by Crippen LogP contribution is -2.25. The molecule has 1 saturated heterocycles. The van der Waals surface area contributed by atoms with E-state index in [1.807, 2.05) is 13.8 Å². The summed E-state index contributed by atoms with van der Waals surface area (Å²) in [5, 5.41) is 0. The van der Waals surface area contributed by atoms with E-state index in [1.54, 1.807) is 7.11 Å². The van der Waals surface area contributed by atoms with E-state index < -0.39 is 5.79 Å². The molecule has 0 amide bonds. The van der Waals surface area contributed by atoms with Crippen molar-refractivity contribution in [2.24, 2.45) is 0 Å². The average Bonchev–Trinajstić information content (AvgIpc) is 3.12. The van der Waals surface area contributed by atoms with Gasteiger partial charge in [-0.15, -0.1) is 0 Å². The van der Waals surface area contributed by atoms with Gasteiger partial charge < -0.3 is 9.47 Å². The lowest BCUT2D eigenvalue weighted by Gasteiger charge is -2.17. The van der Waals surface area contributed by atoms with Crippen LogP contribution < -0.4 is 0 Å². The zero-order valence-corrected chi connectivity index (χ0v) is 13.2. The van der Waals surface area contributed by atoms with Gasteiger partial charge in [-0.3, -0.25) is 0 Å². The van der Waals surface area contributed by atoms with Gasteiger partial charge in [0.1, 0.15) is 5.60 Å². The molecule has 19 heavy (non-hydrogen) atoms. The van der Waals surface area contributed by atoms with Crippen molar-refractivity contribution < 1.29 is 9.47 Å². The summed E-state index contributed by atoms with van der Waals surface area (Å²) in [7, 11) is 1.74. The summed E-state index contributed by atoms with van der Waals surface area (Å²) < 4.78 is 11.7. The van der Waals surface area contributed by atoms with Crippen LogP contribution >= 0.6 is 0 Å². The molecule has 1 aromatic rings. The third-order valence-corrected chi connectivity index (χ3v) is 3.84. The molecule has 2 unspecified atom stereocenters. The fourth-order valence-electron chi connectivity index (χ4n) is 2.79. The second-order valence-electron chi connectivity index (χ2n) is 4.89. The molecule has 2 nitrogen and oxygen atoms in total. The first-order chi connectivity index (χ1) is 9.14. The molecule has 0 saturated carbocycles. The highest BCUT2D eigenvalue weighted by molar-refractivity contribution is 5.32. The molecular weight excluding hydrogens is 236 g/mol. The van der Waals surface area contributed by atoms with E-state index in [1.165, 1.54) is 5.56 Å². The normalized spacial score (nSPS) is 28.5. The van der Waals surface area contributed by atoms with Crippen LogP contribution in [-0.4, -0.2) is 12.7 Å². The van der Waals surface area contributed by atoms with Gasteiger partial charge in [0, 0.05) is 12.7 Å². The van der Waals surface area contributed by atoms with Crippen molar-refractivity contribution in [3.63, 3.8) is 0 Å². The first kappa shape index (κ1) is 16.2. The maximum atomic E-state index is 6.03. The van der Waals surface area contributed by atoms with Gasteiger partial charge in [0.25, 0.3) is 0 Å². The Morgan fingerprint density at radius 2 is 1.68 bits per heavy atom. The molecular formula is C17H28O2. The van der Waals surface area contributed by atoms with Crippen molar-refractivity contribution in [2.45, 2.75) is 65.3 Å². The first-order valence-electron chi connectivity index (χ1n) is 7.46. The number of aryl methyl sites for hydroxylation is 1. The Bertz CT molecular complexity index is 385. The molecule has 2 rings (SSSR count). The molecule has 2 heteroatoms. The van der Waals surface area contributed by atoms with Gasteiger partial charge in [-0.05, 0) is 19.8 Å². The third-order valence-electron chi connectivity index (χ3n) is 3.84. The van der Waals surface area contributed by atoms with E-state index in [0.717, 1.165) is 24.8 Å². The van der Waals surface area contributed by atoms with E-state index in [9.17, 15) is 0 Å². The Balaban J connectivity index is 0.000000861.